The number of hydrogen-bond donors (Lipinski definition) is 2. The monoisotopic (exact) mass is 383 g/mol. The van der Waals surface area contributed by atoms with E-state index in [4.69, 9.17) is 4.74 Å². The van der Waals surface area contributed by atoms with Gasteiger partial charge in [-0.25, -0.2) is 15.2 Å². The summed E-state index contributed by atoms with van der Waals surface area (Å²) in [5.41, 5.74) is 6.66. The zero-order valence-electron chi connectivity index (χ0n) is 16.8. The molecule has 0 radical (unpaired) electrons. The van der Waals surface area contributed by atoms with E-state index in [9.17, 15) is 9.59 Å². The van der Waals surface area contributed by atoms with E-state index in [1.54, 1.807) is 44.0 Å². The van der Waals surface area contributed by atoms with Crippen LogP contribution in [0.15, 0.2) is 51.8 Å². The molecule has 0 atom stereocenters. The molecule has 2 rings (SSSR count). The third kappa shape index (κ3) is 4.85. The third-order valence-electron chi connectivity index (χ3n) is 4.09. The number of carbonyl (C=O) groups excluding carboxylic acids is 2. The molecule has 1 heterocycles. The van der Waals surface area contributed by atoms with E-state index in [2.05, 4.69) is 27.4 Å². The third-order valence-corrected chi connectivity index (χ3v) is 4.09. The number of allylic oxidation sites excluding steroid dienone is 2. The SMILES string of the molecule is C=C1C=NNC(=Nc2cc(NC(C)=O)ccc2C)N1/C(C)=C(\C)C(=O)OCC. The van der Waals surface area contributed by atoms with Gasteiger partial charge in [-0.3, -0.25) is 9.69 Å². The van der Waals surface area contributed by atoms with E-state index in [1.807, 2.05) is 13.0 Å². The van der Waals surface area contributed by atoms with Crippen LogP contribution < -0.4 is 10.7 Å². The van der Waals surface area contributed by atoms with E-state index in [0.717, 1.165) is 5.56 Å². The maximum atomic E-state index is 12.1. The number of guanidine groups is 1. The Hall–Kier alpha value is -3.42. The molecule has 0 fully saturated rings. The van der Waals surface area contributed by atoms with Gasteiger partial charge in [-0.15, -0.1) is 0 Å². The molecule has 2 N–H and O–H groups in total. The molecule has 0 aromatic heterocycles. The number of ether oxygens (including phenoxy) is 1. The number of hydrazone groups is 1. The number of aryl methyl sites for hydroxylation is 1. The lowest BCUT2D eigenvalue weighted by Gasteiger charge is -2.30. The second kappa shape index (κ2) is 8.98. The number of anilines is 1. The van der Waals surface area contributed by atoms with Crippen LogP contribution in [0, 0.1) is 6.92 Å². The molecule has 0 spiro atoms. The number of esters is 1. The number of aliphatic imine (C=N–C) groups is 1. The van der Waals surface area contributed by atoms with Crippen LogP contribution in [0.5, 0.6) is 0 Å². The first-order valence-corrected chi connectivity index (χ1v) is 8.84. The number of nitrogens with one attached hydrogen (secondary N) is 2. The summed E-state index contributed by atoms with van der Waals surface area (Å²) >= 11 is 0. The Kier molecular flexibility index (Phi) is 6.70. The maximum absolute atomic E-state index is 12.1. The predicted molar refractivity (Wildman–Crippen MR) is 110 cm³/mol. The summed E-state index contributed by atoms with van der Waals surface area (Å²) in [7, 11) is 0. The second-order valence-corrected chi connectivity index (χ2v) is 6.25. The largest absolute Gasteiger partial charge is 0.463 e. The van der Waals surface area contributed by atoms with Crippen molar-refractivity contribution in [2.75, 3.05) is 11.9 Å². The van der Waals surface area contributed by atoms with Crippen LogP contribution in [-0.2, 0) is 14.3 Å². The quantitative estimate of drug-likeness (QED) is 0.601. The average molecular weight is 383 g/mol. The van der Waals surface area contributed by atoms with Crippen molar-refractivity contribution in [2.45, 2.75) is 34.6 Å². The molecule has 0 saturated carbocycles. The zero-order valence-corrected chi connectivity index (χ0v) is 16.8. The topological polar surface area (TPSA) is 95.4 Å². The Morgan fingerprint density at radius 3 is 2.68 bits per heavy atom. The molecule has 28 heavy (non-hydrogen) atoms. The molecule has 0 bridgehead atoms. The van der Waals surface area contributed by atoms with Gasteiger partial charge in [0, 0.05) is 18.3 Å². The molecule has 1 aromatic carbocycles. The van der Waals surface area contributed by atoms with Gasteiger partial charge in [0.1, 0.15) is 0 Å². The molecule has 148 valence electrons. The van der Waals surface area contributed by atoms with Crippen LogP contribution in [0.1, 0.15) is 33.3 Å². The maximum Gasteiger partial charge on any atom is 0.335 e. The molecule has 0 saturated heterocycles. The highest BCUT2D eigenvalue weighted by Gasteiger charge is 2.23. The van der Waals surface area contributed by atoms with Gasteiger partial charge in [-0.05, 0) is 45.4 Å². The molecule has 1 aliphatic heterocycles. The zero-order chi connectivity index (χ0) is 20.8. The summed E-state index contributed by atoms with van der Waals surface area (Å²) in [6.07, 6.45) is 1.54. The van der Waals surface area contributed by atoms with Crippen molar-refractivity contribution in [3.05, 3.63) is 47.3 Å². The van der Waals surface area contributed by atoms with Crippen molar-refractivity contribution < 1.29 is 14.3 Å². The number of benzene rings is 1. The number of nitrogens with zero attached hydrogens (tertiary/aromatic N) is 3. The number of amides is 1. The Bertz CT molecular complexity index is 899. The fourth-order valence-corrected chi connectivity index (χ4v) is 2.54. The summed E-state index contributed by atoms with van der Waals surface area (Å²) in [4.78, 5) is 29.8. The first kappa shape index (κ1) is 20.9. The molecule has 1 amide bonds. The Morgan fingerprint density at radius 1 is 1.32 bits per heavy atom. The van der Waals surface area contributed by atoms with Crippen molar-refractivity contribution in [2.24, 2.45) is 10.1 Å². The van der Waals surface area contributed by atoms with Gasteiger partial charge in [-0.1, -0.05) is 12.6 Å². The molecule has 1 aromatic rings. The predicted octanol–water partition coefficient (Wildman–Crippen LogP) is 3.20. The molecule has 1 aliphatic rings. The molecule has 0 aliphatic carbocycles. The van der Waals surface area contributed by atoms with E-state index in [-0.39, 0.29) is 5.91 Å². The number of hydrogen-bond acceptors (Lipinski definition) is 5. The van der Waals surface area contributed by atoms with Gasteiger partial charge in [0.05, 0.1) is 29.8 Å². The number of rotatable bonds is 5. The van der Waals surface area contributed by atoms with Crippen molar-refractivity contribution in [3.8, 4) is 0 Å². The number of carbonyl (C=O) groups is 2. The molecule has 8 heteroatoms. The minimum absolute atomic E-state index is 0.165. The van der Waals surface area contributed by atoms with Crippen LogP contribution >= 0.6 is 0 Å². The van der Waals surface area contributed by atoms with Crippen LogP contribution in [0.3, 0.4) is 0 Å². The molecule has 8 nitrogen and oxygen atoms in total. The minimum atomic E-state index is -0.404. The van der Waals surface area contributed by atoms with E-state index < -0.39 is 5.97 Å². The summed E-state index contributed by atoms with van der Waals surface area (Å²) in [6.45, 7) is 12.9. The summed E-state index contributed by atoms with van der Waals surface area (Å²) in [5.74, 6) is -0.183. The lowest BCUT2D eigenvalue weighted by Crippen LogP contribution is -2.41. The second-order valence-electron chi connectivity index (χ2n) is 6.25. The first-order valence-electron chi connectivity index (χ1n) is 8.84. The van der Waals surface area contributed by atoms with Gasteiger partial charge >= 0.3 is 5.97 Å². The standard InChI is InChI=1S/C20H25N5O3/c1-7-28-19(27)14(4)15(5)25-13(3)11-21-24-20(25)23-18-10-17(22-16(6)26)9-8-12(18)2/h8-11H,3,7H2,1-2,4-6H3,(H,22,26)(H,23,24)/b15-14+. The van der Waals surface area contributed by atoms with Crippen molar-refractivity contribution in [1.29, 1.82) is 0 Å². The van der Waals surface area contributed by atoms with Gasteiger partial charge in [0.2, 0.25) is 11.9 Å². The normalized spacial score (nSPS) is 15.8. The Labute approximate surface area is 164 Å². The molecular formula is C20H25N5O3. The lowest BCUT2D eigenvalue weighted by molar-refractivity contribution is -0.138. The molecule has 0 unspecified atom stereocenters. The highest BCUT2D eigenvalue weighted by molar-refractivity contribution is 5.98. The van der Waals surface area contributed by atoms with Gasteiger partial charge in [0.15, 0.2) is 0 Å². The smallest absolute Gasteiger partial charge is 0.335 e. The van der Waals surface area contributed by atoms with Crippen molar-refractivity contribution in [1.82, 2.24) is 10.3 Å². The van der Waals surface area contributed by atoms with E-state index in [0.29, 0.717) is 40.9 Å². The Balaban J connectivity index is 2.49. The molecular weight excluding hydrogens is 358 g/mol. The van der Waals surface area contributed by atoms with E-state index in [1.165, 1.54) is 6.92 Å². The highest BCUT2D eigenvalue weighted by Crippen LogP contribution is 2.26. The summed E-state index contributed by atoms with van der Waals surface area (Å²) < 4.78 is 5.09. The lowest BCUT2D eigenvalue weighted by atomic mass is 10.2. The van der Waals surface area contributed by atoms with Crippen molar-refractivity contribution >= 4 is 35.4 Å². The average Bonchev–Trinajstić information content (AvgIpc) is 2.63. The fourth-order valence-electron chi connectivity index (χ4n) is 2.54. The van der Waals surface area contributed by atoms with Gasteiger partial charge < -0.3 is 10.1 Å². The summed E-state index contributed by atoms with van der Waals surface area (Å²) in [5, 5.41) is 6.79. The highest BCUT2D eigenvalue weighted by atomic mass is 16.5. The Morgan fingerprint density at radius 2 is 2.04 bits per heavy atom. The van der Waals surface area contributed by atoms with Crippen LogP contribution in [0.25, 0.3) is 0 Å². The first-order chi connectivity index (χ1) is 13.2. The fraction of sp³-hybridized carbons (Fsp3) is 0.300. The van der Waals surface area contributed by atoms with E-state index >= 15 is 0 Å². The van der Waals surface area contributed by atoms with Crippen molar-refractivity contribution in [3.63, 3.8) is 0 Å². The summed E-state index contributed by atoms with van der Waals surface area (Å²) in [6, 6.07) is 5.43. The van der Waals surface area contributed by atoms with Crippen LogP contribution in [0.2, 0.25) is 0 Å². The van der Waals surface area contributed by atoms with Gasteiger partial charge in [-0.2, -0.15) is 5.10 Å². The van der Waals surface area contributed by atoms with Crippen LogP contribution in [-0.4, -0.2) is 35.6 Å². The van der Waals surface area contributed by atoms with Gasteiger partial charge in [0.25, 0.3) is 0 Å². The van der Waals surface area contributed by atoms with Crippen LogP contribution in [0.4, 0.5) is 11.4 Å². The minimum Gasteiger partial charge on any atom is -0.463 e.